The van der Waals surface area contributed by atoms with Crippen LogP contribution in [0.3, 0.4) is 0 Å². The minimum Gasteiger partial charge on any atom is -0.493 e. The summed E-state index contributed by atoms with van der Waals surface area (Å²) in [6.07, 6.45) is 5.20. The van der Waals surface area contributed by atoms with Crippen LogP contribution in [0, 0.1) is 0 Å². The fourth-order valence-corrected chi connectivity index (χ4v) is 2.03. The Balaban J connectivity index is 2.50. The molecule has 98 valence electrons. The van der Waals surface area contributed by atoms with Crippen molar-refractivity contribution in [3.8, 4) is 5.75 Å². The van der Waals surface area contributed by atoms with Crippen molar-refractivity contribution in [2.75, 3.05) is 7.11 Å². The van der Waals surface area contributed by atoms with Crippen LogP contribution >= 0.6 is 0 Å². The number of hydrogen-bond donors (Lipinski definition) is 2. The Morgan fingerprint density at radius 2 is 2.28 bits per heavy atom. The van der Waals surface area contributed by atoms with E-state index in [1.165, 1.54) is 0 Å². The van der Waals surface area contributed by atoms with Gasteiger partial charge in [-0.05, 0) is 6.92 Å². The molecule has 2 heterocycles. The number of nitrogens with zero attached hydrogens (tertiary/aromatic N) is 4. The summed E-state index contributed by atoms with van der Waals surface area (Å²) in [7, 11) is 3.54. The molecule has 0 aromatic carbocycles. The van der Waals surface area contributed by atoms with E-state index in [0.717, 1.165) is 17.9 Å². The summed E-state index contributed by atoms with van der Waals surface area (Å²) in [6, 6.07) is -0.213. The molecule has 7 nitrogen and oxygen atoms in total. The van der Waals surface area contributed by atoms with Gasteiger partial charge in [-0.1, -0.05) is 0 Å². The van der Waals surface area contributed by atoms with Gasteiger partial charge in [0.25, 0.3) is 0 Å². The molecule has 0 bridgehead atoms. The lowest BCUT2D eigenvalue weighted by atomic mass is 10.1. The lowest BCUT2D eigenvalue weighted by molar-refractivity contribution is 0.397. The van der Waals surface area contributed by atoms with Gasteiger partial charge >= 0.3 is 0 Å². The second-order valence-electron chi connectivity index (χ2n) is 3.94. The maximum Gasteiger partial charge on any atom is 0.162 e. The van der Waals surface area contributed by atoms with Crippen LogP contribution < -0.4 is 16.0 Å². The lowest BCUT2D eigenvalue weighted by Crippen LogP contribution is -2.32. The van der Waals surface area contributed by atoms with Gasteiger partial charge in [-0.2, -0.15) is 5.10 Å². The van der Waals surface area contributed by atoms with Crippen LogP contribution in [0.1, 0.15) is 24.4 Å². The third kappa shape index (κ3) is 1.98. The van der Waals surface area contributed by atoms with E-state index in [0.29, 0.717) is 5.75 Å². The topological polar surface area (TPSA) is 82.9 Å². The molecule has 7 heteroatoms. The standard InChI is InChI=1S/C11H18N6O/c1-4-17-11(9(18-3)6-14-17)10(15-12)8-5-13-7-16(8)2/h5-7,10,15H,4,12H2,1-3H3. The molecule has 18 heavy (non-hydrogen) atoms. The SMILES string of the molecule is CCn1ncc(OC)c1C(NN)c1cncn1C. The van der Waals surface area contributed by atoms with Crippen LogP contribution in [0.5, 0.6) is 5.75 Å². The predicted molar refractivity (Wildman–Crippen MR) is 66.8 cm³/mol. The smallest absolute Gasteiger partial charge is 0.162 e. The highest BCUT2D eigenvalue weighted by atomic mass is 16.5. The molecule has 0 spiro atoms. The van der Waals surface area contributed by atoms with Crippen LogP contribution in [0.15, 0.2) is 18.7 Å². The highest BCUT2D eigenvalue weighted by Crippen LogP contribution is 2.28. The summed E-state index contributed by atoms with van der Waals surface area (Å²) in [4.78, 5) is 4.11. The first-order valence-corrected chi connectivity index (χ1v) is 5.74. The molecular formula is C11H18N6O. The quantitative estimate of drug-likeness (QED) is 0.585. The minimum absolute atomic E-state index is 0.213. The second kappa shape index (κ2) is 5.19. The van der Waals surface area contributed by atoms with E-state index in [-0.39, 0.29) is 6.04 Å². The van der Waals surface area contributed by atoms with Gasteiger partial charge in [0.2, 0.25) is 0 Å². The van der Waals surface area contributed by atoms with Crippen molar-refractivity contribution in [3.63, 3.8) is 0 Å². The number of imidazole rings is 1. The average Bonchev–Trinajstić information content (AvgIpc) is 2.98. The normalized spacial score (nSPS) is 12.7. The molecule has 0 aliphatic rings. The molecular weight excluding hydrogens is 232 g/mol. The first-order chi connectivity index (χ1) is 8.72. The third-order valence-corrected chi connectivity index (χ3v) is 2.95. The molecule has 0 aliphatic heterocycles. The number of aromatic nitrogens is 4. The minimum atomic E-state index is -0.213. The van der Waals surface area contributed by atoms with E-state index in [1.807, 2.05) is 23.2 Å². The Labute approximate surface area is 106 Å². The second-order valence-corrected chi connectivity index (χ2v) is 3.94. The molecule has 3 N–H and O–H groups in total. The van der Waals surface area contributed by atoms with Crippen molar-refractivity contribution in [2.24, 2.45) is 12.9 Å². The van der Waals surface area contributed by atoms with Crippen molar-refractivity contribution >= 4 is 0 Å². The van der Waals surface area contributed by atoms with E-state index in [1.54, 1.807) is 25.8 Å². The molecule has 0 amide bonds. The number of methoxy groups -OCH3 is 1. The predicted octanol–water partition coefficient (Wildman–Crippen LogP) is 0.198. The number of nitrogens with one attached hydrogen (secondary N) is 1. The van der Waals surface area contributed by atoms with Crippen molar-refractivity contribution < 1.29 is 4.74 Å². The Hall–Kier alpha value is -1.86. The van der Waals surface area contributed by atoms with E-state index in [9.17, 15) is 0 Å². The van der Waals surface area contributed by atoms with Crippen molar-refractivity contribution in [1.82, 2.24) is 24.8 Å². The van der Waals surface area contributed by atoms with E-state index >= 15 is 0 Å². The number of ether oxygens (including phenoxy) is 1. The fourth-order valence-electron chi connectivity index (χ4n) is 2.03. The van der Waals surface area contributed by atoms with Crippen molar-refractivity contribution in [1.29, 1.82) is 0 Å². The van der Waals surface area contributed by atoms with Crippen LogP contribution in [0.2, 0.25) is 0 Å². The van der Waals surface area contributed by atoms with Crippen LogP contribution in [0.4, 0.5) is 0 Å². The highest BCUT2D eigenvalue weighted by Gasteiger charge is 2.24. The van der Waals surface area contributed by atoms with Gasteiger partial charge in [-0.3, -0.25) is 10.5 Å². The summed E-state index contributed by atoms with van der Waals surface area (Å²) in [5, 5.41) is 4.28. The van der Waals surface area contributed by atoms with Gasteiger partial charge in [-0.25, -0.2) is 10.4 Å². The maximum atomic E-state index is 5.68. The lowest BCUT2D eigenvalue weighted by Gasteiger charge is -2.18. The number of aryl methyl sites for hydroxylation is 2. The zero-order chi connectivity index (χ0) is 13.1. The van der Waals surface area contributed by atoms with Crippen LogP contribution in [-0.4, -0.2) is 26.4 Å². The monoisotopic (exact) mass is 250 g/mol. The average molecular weight is 250 g/mol. The Kier molecular flexibility index (Phi) is 3.63. The molecule has 0 radical (unpaired) electrons. The first kappa shape index (κ1) is 12.6. The highest BCUT2D eigenvalue weighted by molar-refractivity contribution is 5.33. The van der Waals surface area contributed by atoms with Crippen molar-refractivity contribution in [2.45, 2.75) is 19.5 Å². The zero-order valence-electron chi connectivity index (χ0n) is 10.8. The van der Waals surface area contributed by atoms with E-state index < -0.39 is 0 Å². The third-order valence-electron chi connectivity index (χ3n) is 2.95. The number of rotatable bonds is 5. The number of hydrazine groups is 1. The summed E-state index contributed by atoms with van der Waals surface area (Å²) in [6.45, 7) is 2.77. The molecule has 1 atom stereocenters. The molecule has 0 saturated heterocycles. The Bertz CT molecular complexity index is 496. The largest absolute Gasteiger partial charge is 0.493 e. The molecule has 2 aromatic rings. The first-order valence-electron chi connectivity index (χ1n) is 5.74. The molecule has 2 rings (SSSR count). The molecule has 0 aliphatic carbocycles. The van der Waals surface area contributed by atoms with E-state index in [2.05, 4.69) is 15.5 Å². The van der Waals surface area contributed by atoms with Gasteiger partial charge in [0.1, 0.15) is 11.7 Å². The molecule has 1 unspecified atom stereocenters. The van der Waals surface area contributed by atoms with Gasteiger partial charge < -0.3 is 9.30 Å². The van der Waals surface area contributed by atoms with Gasteiger partial charge in [0.05, 0.1) is 31.5 Å². The van der Waals surface area contributed by atoms with Crippen molar-refractivity contribution in [3.05, 3.63) is 30.1 Å². The van der Waals surface area contributed by atoms with Gasteiger partial charge in [0, 0.05) is 13.6 Å². The summed E-state index contributed by atoms with van der Waals surface area (Å²) in [5.41, 5.74) is 4.64. The Morgan fingerprint density at radius 1 is 1.50 bits per heavy atom. The van der Waals surface area contributed by atoms with Gasteiger partial charge in [0.15, 0.2) is 5.75 Å². The van der Waals surface area contributed by atoms with Crippen LogP contribution in [0.25, 0.3) is 0 Å². The zero-order valence-corrected chi connectivity index (χ0v) is 10.8. The Morgan fingerprint density at radius 3 is 2.78 bits per heavy atom. The summed E-state index contributed by atoms with van der Waals surface area (Å²) in [5.74, 6) is 6.39. The fraction of sp³-hybridized carbons (Fsp3) is 0.455. The van der Waals surface area contributed by atoms with Gasteiger partial charge in [-0.15, -0.1) is 0 Å². The molecule has 0 fully saturated rings. The summed E-state index contributed by atoms with van der Waals surface area (Å²) < 4.78 is 9.11. The van der Waals surface area contributed by atoms with Crippen LogP contribution in [-0.2, 0) is 13.6 Å². The number of nitrogens with two attached hydrogens (primary N) is 1. The molecule has 2 aromatic heterocycles. The van der Waals surface area contributed by atoms with E-state index in [4.69, 9.17) is 10.6 Å². The molecule has 0 saturated carbocycles. The maximum absolute atomic E-state index is 5.68. The number of hydrogen-bond acceptors (Lipinski definition) is 5. The summed E-state index contributed by atoms with van der Waals surface area (Å²) >= 11 is 0.